The Bertz CT molecular complexity index is 1280. The first-order valence-corrected chi connectivity index (χ1v) is 11.8. The molecule has 168 valence electrons. The van der Waals surface area contributed by atoms with Crippen LogP contribution in [-0.4, -0.2) is 42.6 Å². The molecule has 0 radical (unpaired) electrons. The van der Waals surface area contributed by atoms with Crippen molar-refractivity contribution >= 4 is 26.4 Å². The Labute approximate surface area is 184 Å². The molecule has 2 aliphatic rings. The van der Waals surface area contributed by atoms with Crippen LogP contribution in [0.15, 0.2) is 59.6 Å². The van der Waals surface area contributed by atoms with Crippen LogP contribution in [0.3, 0.4) is 0 Å². The summed E-state index contributed by atoms with van der Waals surface area (Å²) < 4.78 is 61.7. The summed E-state index contributed by atoms with van der Waals surface area (Å²) in [4.78, 5) is 8.26. The van der Waals surface area contributed by atoms with Crippen LogP contribution in [0, 0.1) is 6.92 Å². The first-order valence-electron chi connectivity index (χ1n) is 10.4. The largest absolute Gasteiger partial charge is 0.501 e. The van der Waals surface area contributed by atoms with Crippen LogP contribution in [0.5, 0.6) is 0 Å². The van der Waals surface area contributed by atoms with Crippen LogP contribution in [0.2, 0.25) is 0 Å². The van der Waals surface area contributed by atoms with Crippen molar-refractivity contribution in [2.75, 3.05) is 18.1 Å². The third-order valence-corrected chi connectivity index (χ3v) is 8.07. The summed E-state index contributed by atoms with van der Waals surface area (Å²) in [5, 5.41) is 1.16. The molecule has 9 heteroatoms. The minimum absolute atomic E-state index is 0.0506. The van der Waals surface area contributed by atoms with Crippen molar-refractivity contribution in [1.29, 1.82) is 0 Å². The van der Waals surface area contributed by atoms with Crippen LogP contribution in [-0.2, 0) is 16.4 Å². The highest BCUT2D eigenvalue weighted by atomic mass is 32.2. The lowest BCUT2D eigenvalue weighted by atomic mass is 10.0. The summed E-state index contributed by atoms with van der Waals surface area (Å²) in [6.45, 7) is 4.22. The lowest BCUT2D eigenvalue weighted by Gasteiger charge is -2.23. The second kappa shape index (κ2) is 7.18. The zero-order valence-corrected chi connectivity index (χ0v) is 18.2. The maximum Gasteiger partial charge on any atom is 0.501 e. The topological polar surface area (TPSA) is 53.5 Å². The molecule has 0 unspecified atom stereocenters. The van der Waals surface area contributed by atoms with Gasteiger partial charge in [-0.05, 0) is 67.3 Å². The molecule has 32 heavy (non-hydrogen) atoms. The highest BCUT2D eigenvalue weighted by Crippen LogP contribution is 2.48. The second-order valence-electron chi connectivity index (χ2n) is 8.64. The molecule has 0 amide bonds. The van der Waals surface area contributed by atoms with Gasteiger partial charge in [0.1, 0.15) is 0 Å². The number of hydrogen-bond donors (Lipinski definition) is 0. The Kier molecular flexibility index (Phi) is 4.76. The quantitative estimate of drug-likeness (QED) is 0.566. The molecule has 3 aromatic rings. The lowest BCUT2D eigenvalue weighted by Crippen LogP contribution is -2.32. The monoisotopic (exact) mass is 461 g/mol. The van der Waals surface area contributed by atoms with E-state index in [2.05, 4.69) is 27.8 Å². The molecule has 1 aromatic heterocycles. The molecule has 0 atom stereocenters. The zero-order chi connectivity index (χ0) is 22.7. The number of alkyl halides is 3. The third kappa shape index (κ3) is 3.44. The van der Waals surface area contributed by atoms with E-state index in [1.807, 2.05) is 24.4 Å². The molecule has 2 fully saturated rings. The minimum Gasteiger partial charge on any atom is -0.357 e. The molecule has 0 bridgehead atoms. The summed E-state index contributed by atoms with van der Waals surface area (Å²) in [5.74, 6) is 0. The second-order valence-corrected chi connectivity index (χ2v) is 10.6. The molecule has 1 saturated carbocycles. The van der Waals surface area contributed by atoms with Gasteiger partial charge in [-0.2, -0.15) is 13.2 Å². The van der Waals surface area contributed by atoms with Crippen molar-refractivity contribution in [1.82, 2.24) is 9.88 Å². The fourth-order valence-electron chi connectivity index (χ4n) is 4.65. The molecule has 1 aliphatic carbocycles. The molecule has 2 aromatic carbocycles. The van der Waals surface area contributed by atoms with Crippen molar-refractivity contribution in [3.63, 3.8) is 0 Å². The average Bonchev–Trinajstić information content (AvgIpc) is 3.44. The van der Waals surface area contributed by atoms with E-state index in [4.69, 9.17) is 0 Å². The molecule has 5 nitrogen and oxygen atoms in total. The number of hydrogen-bond acceptors (Lipinski definition) is 5. The standard InChI is InChI=1S/C23H22F3N3O2S/c1-16-3-2-4-20-21(16)17(9-12-27-20)13-29-15-28(14-22(29)10-11-22)18-5-7-19(8-6-18)32(30,31)23(24,25)26/h2-9,12H,10-11,13-15H2,1H3. The van der Waals surface area contributed by atoms with E-state index in [1.54, 1.807) is 0 Å². The van der Waals surface area contributed by atoms with Crippen molar-refractivity contribution in [3.8, 4) is 0 Å². The number of pyridine rings is 1. The van der Waals surface area contributed by atoms with Crippen LogP contribution >= 0.6 is 0 Å². The number of rotatable bonds is 4. The van der Waals surface area contributed by atoms with Gasteiger partial charge >= 0.3 is 5.51 Å². The van der Waals surface area contributed by atoms with Gasteiger partial charge in [-0.25, -0.2) is 8.42 Å². The number of aromatic nitrogens is 1. The number of nitrogens with zero attached hydrogens (tertiary/aromatic N) is 3. The summed E-state index contributed by atoms with van der Waals surface area (Å²) in [7, 11) is -5.34. The fraction of sp³-hybridized carbons (Fsp3) is 0.348. The summed E-state index contributed by atoms with van der Waals surface area (Å²) >= 11 is 0. The van der Waals surface area contributed by atoms with Gasteiger partial charge < -0.3 is 4.90 Å². The minimum atomic E-state index is -5.34. The number of aryl methyl sites for hydroxylation is 1. The molecule has 1 aliphatic heterocycles. The van der Waals surface area contributed by atoms with Gasteiger partial charge in [-0.15, -0.1) is 0 Å². The average molecular weight is 462 g/mol. The zero-order valence-electron chi connectivity index (χ0n) is 17.4. The molecule has 1 saturated heterocycles. The number of anilines is 1. The van der Waals surface area contributed by atoms with Gasteiger partial charge in [0.15, 0.2) is 0 Å². The number of benzene rings is 2. The van der Waals surface area contributed by atoms with Gasteiger partial charge in [0.05, 0.1) is 17.1 Å². The lowest BCUT2D eigenvalue weighted by molar-refractivity contribution is -0.0436. The third-order valence-electron chi connectivity index (χ3n) is 6.56. The SMILES string of the molecule is Cc1cccc2nccc(CN3CN(c4ccc(S(=O)(=O)C(F)(F)F)cc4)CC34CC4)c12. The van der Waals surface area contributed by atoms with Crippen LogP contribution in [0.25, 0.3) is 10.9 Å². The van der Waals surface area contributed by atoms with Gasteiger partial charge in [0.25, 0.3) is 9.84 Å². The predicted molar refractivity (Wildman–Crippen MR) is 116 cm³/mol. The first kappa shape index (κ1) is 21.2. The Balaban J connectivity index is 1.39. The van der Waals surface area contributed by atoms with E-state index >= 15 is 0 Å². The van der Waals surface area contributed by atoms with E-state index < -0.39 is 20.2 Å². The summed E-state index contributed by atoms with van der Waals surface area (Å²) in [6, 6.07) is 13.1. The van der Waals surface area contributed by atoms with Crippen molar-refractivity contribution in [2.24, 2.45) is 0 Å². The van der Waals surface area contributed by atoms with E-state index in [1.165, 1.54) is 23.3 Å². The van der Waals surface area contributed by atoms with Crippen molar-refractivity contribution in [2.45, 2.75) is 42.3 Å². The molecule has 0 N–H and O–H groups in total. The van der Waals surface area contributed by atoms with E-state index in [0.717, 1.165) is 54.7 Å². The van der Waals surface area contributed by atoms with Crippen molar-refractivity contribution in [3.05, 3.63) is 65.9 Å². The van der Waals surface area contributed by atoms with Crippen LogP contribution in [0.4, 0.5) is 18.9 Å². The maximum absolute atomic E-state index is 12.8. The fourth-order valence-corrected chi connectivity index (χ4v) is 5.41. The first-order chi connectivity index (χ1) is 15.1. The molecule has 1 spiro atoms. The maximum atomic E-state index is 12.8. The van der Waals surface area contributed by atoms with Crippen LogP contribution < -0.4 is 4.90 Å². The van der Waals surface area contributed by atoms with E-state index in [0.29, 0.717) is 6.67 Å². The molecule has 5 rings (SSSR count). The Morgan fingerprint density at radius 3 is 2.44 bits per heavy atom. The van der Waals surface area contributed by atoms with Crippen molar-refractivity contribution < 1.29 is 21.6 Å². The van der Waals surface area contributed by atoms with Gasteiger partial charge in [0.2, 0.25) is 0 Å². The Morgan fingerprint density at radius 2 is 1.78 bits per heavy atom. The number of halogens is 3. The summed E-state index contributed by atoms with van der Waals surface area (Å²) in [6.07, 6.45) is 3.95. The van der Waals surface area contributed by atoms with Gasteiger partial charge in [-0.1, -0.05) is 12.1 Å². The van der Waals surface area contributed by atoms with E-state index in [-0.39, 0.29) is 5.54 Å². The van der Waals surface area contributed by atoms with Crippen LogP contribution in [0.1, 0.15) is 24.0 Å². The van der Waals surface area contributed by atoms with E-state index in [9.17, 15) is 21.6 Å². The molecular weight excluding hydrogens is 439 g/mol. The normalized spacial score (nSPS) is 18.6. The Morgan fingerprint density at radius 1 is 1.06 bits per heavy atom. The smallest absolute Gasteiger partial charge is 0.357 e. The van der Waals surface area contributed by atoms with Gasteiger partial charge in [0, 0.05) is 35.9 Å². The Hall–Kier alpha value is -2.65. The molecular formula is C23H22F3N3O2S. The highest BCUT2D eigenvalue weighted by molar-refractivity contribution is 7.92. The predicted octanol–water partition coefficient (Wildman–Crippen LogP) is 4.65. The van der Waals surface area contributed by atoms with Gasteiger partial charge in [-0.3, -0.25) is 9.88 Å². The number of sulfone groups is 1. The molecule has 2 heterocycles. The number of fused-ring (bicyclic) bond motifs is 1. The highest BCUT2D eigenvalue weighted by Gasteiger charge is 2.53. The summed E-state index contributed by atoms with van der Waals surface area (Å²) in [5.41, 5.74) is -1.20.